The second-order valence-corrected chi connectivity index (χ2v) is 28.3. The molecule has 5 atom stereocenters. The SMILES string of the molecule is CC/C=C\C/C=C\C/C=C\C/C=C\C/C=C\C/C=C\CCCCCCCCCCCCCCCCCCC(=O)OCC(O)COP(=O)(O)OCC(O)COP(=O)(O)OCC(COC(=O)CCCCCC/C=C\C/C=C\C/C=C\C/C=C\CC)OC(=O)CCCCCCC/C=C\CCCC. The number of carbonyl (C=O) groups excluding carboxylic acids is 3. The topological polar surface area (TPSA) is 231 Å². The van der Waals surface area contributed by atoms with Gasteiger partial charge in [-0.1, -0.05) is 289 Å². The van der Waals surface area contributed by atoms with Crippen molar-refractivity contribution < 1.29 is 75.8 Å². The molecule has 0 spiro atoms. The van der Waals surface area contributed by atoms with Gasteiger partial charge in [0.25, 0.3) is 0 Å². The first-order valence-electron chi connectivity index (χ1n) is 38.5. The minimum atomic E-state index is -4.93. The number of rotatable bonds is 72. The fourth-order valence-electron chi connectivity index (χ4n) is 10.0. The van der Waals surface area contributed by atoms with Gasteiger partial charge < -0.3 is 34.2 Å². The van der Waals surface area contributed by atoms with Gasteiger partial charge >= 0.3 is 33.6 Å². The lowest BCUT2D eigenvalue weighted by molar-refractivity contribution is -0.161. The maximum Gasteiger partial charge on any atom is 0.472 e. The molecule has 0 rings (SSSR count). The van der Waals surface area contributed by atoms with E-state index >= 15 is 0 Å². The van der Waals surface area contributed by atoms with E-state index in [-0.39, 0.29) is 19.3 Å². The third-order valence-electron chi connectivity index (χ3n) is 15.8. The van der Waals surface area contributed by atoms with Crippen LogP contribution in [0.4, 0.5) is 0 Å². The van der Waals surface area contributed by atoms with Gasteiger partial charge in [0.1, 0.15) is 25.4 Å². The van der Waals surface area contributed by atoms with Crippen LogP contribution in [0.15, 0.2) is 134 Å². The highest BCUT2D eigenvalue weighted by Gasteiger charge is 2.29. The van der Waals surface area contributed by atoms with E-state index in [1.807, 2.05) is 0 Å². The number of aliphatic hydroxyl groups is 2. The minimum absolute atomic E-state index is 0.0868. The van der Waals surface area contributed by atoms with E-state index in [1.54, 1.807) is 0 Å². The summed E-state index contributed by atoms with van der Waals surface area (Å²) in [7, 11) is -9.79. The molecule has 0 aliphatic carbocycles. The van der Waals surface area contributed by atoms with Crippen molar-refractivity contribution in [2.75, 3.05) is 39.6 Å². The molecule has 0 amide bonds. The standard InChI is InChI=1S/C81H138O16P2/c1-4-7-10-13-16-19-22-24-26-28-29-30-31-32-33-34-35-36-37-38-39-40-41-42-43-44-45-47-49-50-53-55-58-61-64-67-79(84)91-70-76(82)71-93-98(87,88)94-72-77(83)73-95-99(89,90)96-75-78(97-81(86)69-66-63-60-57-52-21-18-15-12-9-6-3)74-92-80(85)68-65-62-59-56-54-51-48-46-27-25-23-20-17-14-11-8-5-2/h7-8,10-11,15-20,24-27,29-30,32-33,35-36,48,51,76-78,82-83H,4-6,9,12-14,21-23,28,31,34,37-47,49-50,52-75H2,1-3H3,(H,87,88)(H,89,90)/b10-7-,11-8-,18-15-,19-16-,20-17-,26-24-,27-25-,30-29-,33-32-,36-35-,51-48-. The van der Waals surface area contributed by atoms with Gasteiger partial charge in [0.05, 0.1) is 26.4 Å². The molecule has 5 unspecified atom stereocenters. The van der Waals surface area contributed by atoms with E-state index in [2.05, 4.69) is 154 Å². The number of ether oxygens (including phenoxy) is 3. The van der Waals surface area contributed by atoms with E-state index in [0.29, 0.717) is 19.3 Å². The van der Waals surface area contributed by atoms with Crippen LogP contribution in [-0.2, 0) is 55.8 Å². The van der Waals surface area contributed by atoms with Crippen LogP contribution in [0.5, 0.6) is 0 Å². The number of hydrogen-bond acceptors (Lipinski definition) is 14. The molecule has 0 aromatic rings. The van der Waals surface area contributed by atoms with Crippen LogP contribution in [0.1, 0.15) is 303 Å². The molecule has 0 aromatic carbocycles. The Balaban J connectivity index is 4.33. The van der Waals surface area contributed by atoms with Crippen LogP contribution < -0.4 is 0 Å². The number of carbonyl (C=O) groups is 3. The van der Waals surface area contributed by atoms with Gasteiger partial charge in [-0.15, -0.1) is 0 Å². The molecule has 18 heteroatoms. The summed E-state index contributed by atoms with van der Waals surface area (Å²) < 4.78 is 60.9. The van der Waals surface area contributed by atoms with Crippen molar-refractivity contribution in [2.45, 2.75) is 322 Å². The molecule has 0 radical (unpaired) electrons. The second-order valence-electron chi connectivity index (χ2n) is 25.4. The largest absolute Gasteiger partial charge is 0.472 e. The lowest BCUT2D eigenvalue weighted by Crippen LogP contribution is -2.30. The summed E-state index contributed by atoms with van der Waals surface area (Å²) in [5.41, 5.74) is 0. The van der Waals surface area contributed by atoms with Gasteiger partial charge in [-0.05, 0) is 128 Å². The molecule has 0 heterocycles. The van der Waals surface area contributed by atoms with Gasteiger partial charge in [0, 0.05) is 19.3 Å². The summed E-state index contributed by atoms with van der Waals surface area (Å²) in [6.45, 7) is 2.36. The summed E-state index contributed by atoms with van der Waals surface area (Å²) in [4.78, 5) is 58.4. The van der Waals surface area contributed by atoms with E-state index in [9.17, 15) is 43.5 Å². The number of unbranched alkanes of at least 4 members (excludes halogenated alkanes) is 27. The molecule has 0 bridgehead atoms. The fraction of sp³-hybridized carbons (Fsp3) is 0.691. The number of phosphoric acid groups is 2. The van der Waals surface area contributed by atoms with Crippen molar-refractivity contribution in [2.24, 2.45) is 0 Å². The zero-order valence-electron chi connectivity index (χ0n) is 61.9. The lowest BCUT2D eigenvalue weighted by Gasteiger charge is -2.21. The van der Waals surface area contributed by atoms with Crippen LogP contribution >= 0.6 is 15.6 Å². The van der Waals surface area contributed by atoms with Crippen LogP contribution in [-0.4, -0.2) is 95.9 Å². The molecule has 0 aliphatic rings. The Labute approximate surface area is 601 Å². The normalized spacial score (nSPS) is 14.8. The average Bonchev–Trinajstić information content (AvgIpc) is 1.19. The van der Waals surface area contributed by atoms with Gasteiger partial charge in [0.15, 0.2) is 6.10 Å². The van der Waals surface area contributed by atoms with Gasteiger partial charge in [-0.3, -0.25) is 32.5 Å². The summed E-state index contributed by atoms with van der Waals surface area (Å²) in [5.74, 6) is -1.61. The molecular weight excluding hydrogens is 1290 g/mol. The first-order chi connectivity index (χ1) is 48.2. The smallest absolute Gasteiger partial charge is 0.463 e. The van der Waals surface area contributed by atoms with Crippen molar-refractivity contribution in [3.8, 4) is 0 Å². The molecule has 0 saturated carbocycles. The number of allylic oxidation sites excluding steroid dienone is 22. The molecule has 4 N–H and O–H groups in total. The predicted octanol–water partition coefficient (Wildman–Crippen LogP) is 22.3. The molecule has 0 saturated heterocycles. The van der Waals surface area contributed by atoms with E-state index < -0.39 is 91.5 Å². The molecular formula is C81H138O16P2. The number of aliphatic hydroxyl groups excluding tert-OH is 2. The Bertz CT molecular complexity index is 2330. The Morgan fingerprint density at radius 1 is 0.293 bits per heavy atom. The van der Waals surface area contributed by atoms with Crippen LogP contribution in [0, 0.1) is 0 Å². The lowest BCUT2D eigenvalue weighted by atomic mass is 10.0. The zero-order chi connectivity index (χ0) is 72.3. The second kappa shape index (κ2) is 73.4. The quantitative estimate of drug-likeness (QED) is 0.0146. The van der Waals surface area contributed by atoms with Crippen molar-refractivity contribution in [1.82, 2.24) is 0 Å². The Kier molecular flexibility index (Phi) is 70.2. The summed E-state index contributed by atoms with van der Waals surface area (Å²) in [5, 5.41) is 20.6. The molecule has 0 fully saturated rings. The Morgan fingerprint density at radius 3 is 0.859 bits per heavy atom. The van der Waals surface area contributed by atoms with E-state index in [4.69, 9.17) is 32.3 Å². The fourth-order valence-corrected chi connectivity index (χ4v) is 11.6. The highest BCUT2D eigenvalue weighted by Crippen LogP contribution is 2.45. The van der Waals surface area contributed by atoms with E-state index in [0.717, 1.165) is 148 Å². The monoisotopic (exact) mass is 1430 g/mol. The maximum absolute atomic E-state index is 12.9. The molecule has 568 valence electrons. The minimum Gasteiger partial charge on any atom is -0.463 e. The zero-order valence-corrected chi connectivity index (χ0v) is 63.7. The van der Waals surface area contributed by atoms with Crippen molar-refractivity contribution in [3.63, 3.8) is 0 Å². The van der Waals surface area contributed by atoms with Crippen molar-refractivity contribution >= 4 is 33.6 Å². The molecule has 0 aliphatic heterocycles. The van der Waals surface area contributed by atoms with E-state index in [1.165, 1.54) is 96.3 Å². The van der Waals surface area contributed by atoms with Gasteiger partial charge in [-0.2, -0.15) is 0 Å². The number of esters is 3. The third kappa shape index (κ3) is 74.7. The first kappa shape index (κ1) is 94.7. The summed E-state index contributed by atoms with van der Waals surface area (Å²) in [6.07, 6.45) is 88.2. The van der Waals surface area contributed by atoms with Crippen LogP contribution in [0.25, 0.3) is 0 Å². The van der Waals surface area contributed by atoms with Crippen molar-refractivity contribution in [3.05, 3.63) is 134 Å². The van der Waals surface area contributed by atoms with Crippen LogP contribution in [0.2, 0.25) is 0 Å². The first-order valence-corrected chi connectivity index (χ1v) is 41.5. The molecule has 16 nitrogen and oxygen atoms in total. The number of phosphoric ester groups is 2. The van der Waals surface area contributed by atoms with Crippen LogP contribution in [0.3, 0.4) is 0 Å². The Morgan fingerprint density at radius 2 is 0.535 bits per heavy atom. The molecule has 99 heavy (non-hydrogen) atoms. The Hall–Kier alpha value is -4.31. The predicted molar refractivity (Wildman–Crippen MR) is 408 cm³/mol. The molecule has 0 aromatic heterocycles. The van der Waals surface area contributed by atoms with Gasteiger partial charge in [-0.25, -0.2) is 9.13 Å². The maximum atomic E-state index is 12.9. The third-order valence-corrected chi connectivity index (χ3v) is 17.7. The highest BCUT2D eigenvalue weighted by atomic mass is 31.2. The summed E-state index contributed by atoms with van der Waals surface area (Å²) >= 11 is 0. The van der Waals surface area contributed by atoms with Gasteiger partial charge in [0.2, 0.25) is 0 Å². The average molecular weight is 1430 g/mol. The summed E-state index contributed by atoms with van der Waals surface area (Å²) in [6, 6.07) is 0. The number of hydrogen-bond donors (Lipinski definition) is 4. The highest BCUT2D eigenvalue weighted by molar-refractivity contribution is 7.47. The van der Waals surface area contributed by atoms with Crippen molar-refractivity contribution in [1.29, 1.82) is 0 Å².